The number of para-hydroxylation sites is 1. The van der Waals surface area contributed by atoms with Crippen LogP contribution in [-0.4, -0.2) is 56.1 Å². The van der Waals surface area contributed by atoms with Crippen LogP contribution in [0.1, 0.15) is 44.0 Å². The van der Waals surface area contributed by atoms with E-state index in [-0.39, 0.29) is 4.90 Å². The molecule has 0 N–H and O–H groups in total. The van der Waals surface area contributed by atoms with Crippen LogP contribution in [0.3, 0.4) is 0 Å². The number of nitrogens with zero attached hydrogens (tertiary/aromatic N) is 3. The van der Waals surface area contributed by atoms with Crippen LogP contribution in [-0.2, 0) is 21.3 Å². The molecule has 8 nitrogen and oxygen atoms in total. The second-order valence-corrected chi connectivity index (χ2v) is 11.8. The first-order chi connectivity index (χ1) is 17.3. The molecule has 1 aliphatic heterocycles. The van der Waals surface area contributed by atoms with E-state index in [1.165, 1.54) is 39.9 Å². The van der Waals surface area contributed by atoms with Gasteiger partial charge in [0.1, 0.15) is 11.3 Å². The summed E-state index contributed by atoms with van der Waals surface area (Å²) in [5, 5.41) is 0. The number of carbonyl (C=O) groups excluding carboxylic acids is 1. The van der Waals surface area contributed by atoms with Gasteiger partial charge in [0.2, 0.25) is 10.0 Å². The Morgan fingerprint density at radius 3 is 2.61 bits per heavy atom. The fraction of sp³-hybridized carbons (Fsp3) is 0.462. The zero-order chi connectivity index (χ0) is 25.7. The van der Waals surface area contributed by atoms with E-state index < -0.39 is 15.9 Å². The number of ether oxygens (including phenoxy) is 2. The number of amides is 1. The van der Waals surface area contributed by atoms with E-state index in [1.54, 1.807) is 0 Å². The van der Waals surface area contributed by atoms with Crippen molar-refractivity contribution in [2.75, 3.05) is 32.9 Å². The molecule has 1 saturated heterocycles. The maximum atomic E-state index is 13.1. The zero-order valence-corrected chi connectivity index (χ0v) is 22.6. The van der Waals surface area contributed by atoms with Crippen LogP contribution in [0.4, 0.5) is 0 Å². The lowest BCUT2D eigenvalue weighted by atomic mass is 10.0. The van der Waals surface area contributed by atoms with E-state index in [9.17, 15) is 13.2 Å². The summed E-state index contributed by atoms with van der Waals surface area (Å²) in [6.45, 7) is 9.11. The number of rotatable bonds is 9. The fourth-order valence-electron chi connectivity index (χ4n) is 4.40. The Balaban J connectivity index is 1.65. The minimum absolute atomic E-state index is 0.197. The third kappa shape index (κ3) is 5.72. The lowest BCUT2D eigenvalue weighted by molar-refractivity contribution is 0.0996. The molecule has 36 heavy (non-hydrogen) atoms. The summed E-state index contributed by atoms with van der Waals surface area (Å²) >= 11 is 1.41. The van der Waals surface area contributed by atoms with Gasteiger partial charge in [-0.15, -0.1) is 0 Å². The van der Waals surface area contributed by atoms with Gasteiger partial charge in [-0.3, -0.25) is 4.79 Å². The van der Waals surface area contributed by atoms with Gasteiger partial charge in [0, 0.05) is 31.8 Å². The van der Waals surface area contributed by atoms with E-state index in [0.717, 1.165) is 28.8 Å². The number of hydrogen-bond acceptors (Lipinski definition) is 6. The van der Waals surface area contributed by atoms with E-state index in [0.29, 0.717) is 55.7 Å². The summed E-state index contributed by atoms with van der Waals surface area (Å²) < 4.78 is 41.9. The molecular weight excluding hydrogens is 498 g/mol. The predicted molar refractivity (Wildman–Crippen MR) is 141 cm³/mol. The Morgan fingerprint density at radius 1 is 1.14 bits per heavy atom. The number of aromatic nitrogens is 1. The van der Waals surface area contributed by atoms with E-state index in [4.69, 9.17) is 9.47 Å². The Morgan fingerprint density at radius 2 is 1.92 bits per heavy atom. The normalized spacial score (nSPS) is 17.5. The molecule has 194 valence electrons. The molecule has 2 heterocycles. The van der Waals surface area contributed by atoms with Crippen molar-refractivity contribution in [3.8, 4) is 5.75 Å². The number of benzene rings is 2. The van der Waals surface area contributed by atoms with Crippen molar-refractivity contribution in [2.45, 2.75) is 45.1 Å². The molecule has 0 saturated carbocycles. The second kappa shape index (κ2) is 11.7. The van der Waals surface area contributed by atoms with Crippen molar-refractivity contribution < 1.29 is 22.7 Å². The van der Waals surface area contributed by atoms with Crippen LogP contribution < -0.4 is 9.54 Å². The van der Waals surface area contributed by atoms with Gasteiger partial charge in [-0.2, -0.15) is 9.30 Å². The van der Waals surface area contributed by atoms with Gasteiger partial charge in [-0.05, 0) is 69.0 Å². The van der Waals surface area contributed by atoms with Gasteiger partial charge >= 0.3 is 0 Å². The van der Waals surface area contributed by atoms with E-state index >= 15 is 0 Å². The zero-order valence-electron chi connectivity index (χ0n) is 21.0. The minimum atomic E-state index is -3.58. The summed E-state index contributed by atoms with van der Waals surface area (Å²) in [5.41, 5.74) is 1.22. The fourth-order valence-corrected chi connectivity index (χ4v) is 7.07. The maximum Gasteiger partial charge on any atom is 0.279 e. The molecule has 4 rings (SSSR count). The van der Waals surface area contributed by atoms with Gasteiger partial charge in [0.15, 0.2) is 4.80 Å². The SMILES string of the molecule is CCOCCn1c(=NC(=O)c2ccc(S(=O)(=O)N3CCCC(C)C3)cc2)sc2cccc(OCC)c21. The minimum Gasteiger partial charge on any atom is -0.492 e. The van der Waals surface area contributed by atoms with Crippen molar-refractivity contribution in [3.63, 3.8) is 0 Å². The predicted octanol–water partition coefficient (Wildman–Crippen LogP) is 4.30. The Kier molecular flexibility index (Phi) is 8.61. The molecule has 1 unspecified atom stereocenters. The number of carbonyl (C=O) groups is 1. The summed E-state index contributed by atoms with van der Waals surface area (Å²) in [7, 11) is -3.58. The van der Waals surface area contributed by atoms with Crippen molar-refractivity contribution >= 4 is 37.5 Å². The second-order valence-electron chi connectivity index (χ2n) is 8.82. The van der Waals surface area contributed by atoms with Crippen molar-refractivity contribution in [3.05, 3.63) is 52.8 Å². The molecule has 1 atom stereocenters. The smallest absolute Gasteiger partial charge is 0.279 e. The van der Waals surface area contributed by atoms with Gasteiger partial charge in [0.05, 0.1) is 22.8 Å². The highest BCUT2D eigenvalue weighted by atomic mass is 32.2. The number of thiazole rings is 1. The van der Waals surface area contributed by atoms with Crippen molar-refractivity contribution in [2.24, 2.45) is 10.9 Å². The number of piperidine rings is 1. The average molecular weight is 532 g/mol. The summed E-state index contributed by atoms with van der Waals surface area (Å²) in [6.07, 6.45) is 1.90. The Hall–Kier alpha value is -2.53. The highest BCUT2D eigenvalue weighted by Gasteiger charge is 2.28. The van der Waals surface area contributed by atoms with Crippen LogP contribution in [0.25, 0.3) is 10.2 Å². The lowest BCUT2D eigenvalue weighted by Crippen LogP contribution is -2.39. The largest absolute Gasteiger partial charge is 0.492 e. The third-order valence-corrected chi connectivity index (χ3v) is 9.11. The average Bonchev–Trinajstić information content (AvgIpc) is 3.22. The quantitative estimate of drug-likeness (QED) is 0.384. The molecule has 0 radical (unpaired) electrons. The maximum absolute atomic E-state index is 13.1. The van der Waals surface area contributed by atoms with Crippen LogP contribution in [0.15, 0.2) is 52.4 Å². The molecule has 1 aliphatic rings. The highest BCUT2D eigenvalue weighted by molar-refractivity contribution is 7.89. The van der Waals surface area contributed by atoms with Crippen LogP contribution in [0.2, 0.25) is 0 Å². The molecule has 1 fully saturated rings. The molecule has 0 bridgehead atoms. The molecule has 0 spiro atoms. The molecule has 3 aromatic rings. The molecular formula is C26H33N3O5S2. The van der Waals surface area contributed by atoms with E-state index in [2.05, 4.69) is 11.9 Å². The van der Waals surface area contributed by atoms with Crippen LogP contribution in [0.5, 0.6) is 5.75 Å². The van der Waals surface area contributed by atoms with Gasteiger partial charge in [-0.25, -0.2) is 8.42 Å². The molecule has 1 aromatic heterocycles. The molecule has 2 aromatic carbocycles. The van der Waals surface area contributed by atoms with Crippen molar-refractivity contribution in [1.82, 2.24) is 8.87 Å². The first-order valence-corrected chi connectivity index (χ1v) is 14.6. The lowest BCUT2D eigenvalue weighted by Gasteiger charge is -2.30. The van der Waals surface area contributed by atoms with Crippen LogP contribution >= 0.6 is 11.3 Å². The monoisotopic (exact) mass is 531 g/mol. The topological polar surface area (TPSA) is 90.2 Å². The number of fused-ring (bicyclic) bond motifs is 1. The summed E-state index contributed by atoms with van der Waals surface area (Å²) in [6, 6.07) is 11.9. The molecule has 1 amide bonds. The molecule has 10 heteroatoms. The highest BCUT2D eigenvalue weighted by Crippen LogP contribution is 2.28. The Bertz CT molecular complexity index is 1380. The van der Waals surface area contributed by atoms with Gasteiger partial charge < -0.3 is 14.0 Å². The first-order valence-electron chi connectivity index (χ1n) is 12.4. The molecule has 0 aliphatic carbocycles. The van der Waals surface area contributed by atoms with Gasteiger partial charge in [0.25, 0.3) is 5.91 Å². The standard InChI is InChI=1S/C26H33N3O5S2/c1-4-33-17-16-29-24-22(34-5-2)9-6-10-23(24)35-26(29)27-25(30)20-11-13-21(14-12-20)36(31,32)28-15-7-8-19(3)18-28/h6,9-14,19H,4-5,7-8,15-18H2,1-3H3. The first kappa shape index (κ1) is 26.5. The summed E-state index contributed by atoms with van der Waals surface area (Å²) in [4.78, 5) is 18.2. The van der Waals surface area contributed by atoms with Gasteiger partial charge in [-0.1, -0.05) is 24.3 Å². The number of hydrogen-bond donors (Lipinski definition) is 0. The third-order valence-electron chi connectivity index (χ3n) is 6.18. The van der Waals surface area contributed by atoms with E-state index in [1.807, 2.05) is 36.6 Å². The Labute approximate surface area is 216 Å². The number of sulfonamides is 1. The van der Waals surface area contributed by atoms with Crippen molar-refractivity contribution in [1.29, 1.82) is 0 Å². The summed E-state index contributed by atoms with van der Waals surface area (Å²) in [5.74, 6) is 0.644. The van der Waals surface area contributed by atoms with Crippen LogP contribution in [0, 0.1) is 5.92 Å².